The number of pyridine rings is 1. The fourth-order valence-electron chi connectivity index (χ4n) is 1.39. The number of carbonyl (C=O) groups excluding carboxylic acids is 1. The Bertz CT molecular complexity index is 438. The second-order valence-corrected chi connectivity index (χ2v) is 3.95. The number of anilines is 1. The average molecular weight is 291 g/mol. The molecule has 0 fully saturated rings. The average Bonchev–Trinajstić information content (AvgIpc) is 2.38. The molecule has 1 amide bonds. The lowest BCUT2D eigenvalue weighted by Crippen LogP contribution is -2.28. The Morgan fingerprint density at radius 2 is 2.15 bits per heavy atom. The summed E-state index contributed by atoms with van der Waals surface area (Å²) >= 11 is 0. The molecule has 0 saturated carbocycles. The Balaban J connectivity index is 2.37. The van der Waals surface area contributed by atoms with Crippen molar-refractivity contribution in [3.8, 4) is 0 Å². The van der Waals surface area contributed by atoms with Gasteiger partial charge >= 0.3 is 6.18 Å². The Labute approximate surface area is 114 Å². The van der Waals surface area contributed by atoms with Crippen molar-refractivity contribution in [3.63, 3.8) is 0 Å². The third-order valence-electron chi connectivity index (χ3n) is 2.37. The fourth-order valence-corrected chi connectivity index (χ4v) is 1.39. The van der Waals surface area contributed by atoms with Gasteiger partial charge in [0.1, 0.15) is 5.82 Å². The van der Waals surface area contributed by atoms with Crippen molar-refractivity contribution in [2.24, 2.45) is 0 Å². The molecular formula is C12H16F3N3O2. The molecular weight excluding hydrogens is 275 g/mol. The number of methoxy groups -OCH3 is 1. The van der Waals surface area contributed by atoms with Gasteiger partial charge in [-0.2, -0.15) is 13.2 Å². The molecule has 0 unspecified atom stereocenters. The number of halogens is 3. The van der Waals surface area contributed by atoms with E-state index in [0.29, 0.717) is 13.2 Å². The van der Waals surface area contributed by atoms with Gasteiger partial charge in [0.05, 0.1) is 12.2 Å². The highest BCUT2D eigenvalue weighted by Gasteiger charge is 2.30. The van der Waals surface area contributed by atoms with Crippen LogP contribution in [-0.4, -0.2) is 37.7 Å². The maximum atomic E-state index is 12.5. The summed E-state index contributed by atoms with van der Waals surface area (Å²) in [4.78, 5) is 15.1. The number of ether oxygens (including phenoxy) is 1. The highest BCUT2D eigenvalue weighted by molar-refractivity contribution is 5.76. The summed E-state index contributed by atoms with van der Waals surface area (Å²) in [7, 11) is 1.52. The normalized spacial score (nSPS) is 11.2. The summed E-state index contributed by atoms with van der Waals surface area (Å²) in [5.41, 5.74) is -0.778. The number of amides is 1. The third kappa shape index (κ3) is 5.87. The first-order valence-corrected chi connectivity index (χ1v) is 5.96. The van der Waals surface area contributed by atoms with E-state index in [9.17, 15) is 18.0 Å². The number of nitrogens with zero attached hydrogens (tertiary/aromatic N) is 1. The minimum atomic E-state index is -4.41. The van der Waals surface area contributed by atoms with Crippen LogP contribution >= 0.6 is 0 Å². The molecule has 0 aliphatic rings. The zero-order valence-corrected chi connectivity index (χ0v) is 11.0. The van der Waals surface area contributed by atoms with E-state index in [4.69, 9.17) is 4.74 Å². The number of nitrogens with one attached hydrogen (secondary N) is 2. The molecule has 1 aromatic rings. The summed E-state index contributed by atoms with van der Waals surface area (Å²) in [6.45, 7) is 1.01. The number of hydrogen-bond donors (Lipinski definition) is 2. The first kappa shape index (κ1) is 16.2. The standard InChI is InChI=1S/C12H16F3N3O2/c1-20-7-6-18-11(19)3-5-17-10-8-9(2-4-16-10)12(13,14)15/h2,4,8H,3,5-7H2,1H3,(H,16,17)(H,18,19). The molecule has 0 bridgehead atoms. The molecule has 0 aliphatic heterocycles. The van der Waals surface area contributed by atoms with Crippen LogP contribution in [0.3, 0.4) is 0 Å². The van der Waals surface area contributed by atoms with Gasteiger partial charge in [-0.3, -0.25) is 4.79 Å². The topological polar surface area (TPSA) is 63.2 Å². The van der Waals surface area contributed by atoms with Gasteiger partial charge in [-0.05, 0) is 12.1 Å². The molecule has 112 valence electrons. The molecule has 0 saturated heterocycles. The van der Waals surface area contributed by atoms with E-state index in [-0.39, 0.29) is 24.7 Å². The van der Waals surface area contributed by atoms with Crippen molar-refractivity contribution in [3.05, 3.63) is 23.9 Å². The van der Waals surface area contributed by atoms with E-state index in [0.717, 1.165) is 18.3 Å². The third-order valence-corrected chi connectivity index (χ3v) is 2.37. The quantitative estimate of drug-likeness (QED) is 0.750. The Morgan fingerprint density at radius 1 is 1.40 bits per heavy atom. The molecule has 0 atom stereocenters. The Hall–Kier alpha value is -1.83. The van der Waals surface area contributed by atoms with Crippen molar-refractivity contribution >= 4 is 11.7 Å². The number of carbonyl (C=O) groups is 1. The second kappa shape index (κ2) is 7.68. The lowest BCUT2D eigenvalue weighted by molar-refractivity contribution is -0.137. The van der Waals surface area contributed by atoms with E-state index in [1.165, 1.54) is 7.11 Å². The molecule has 0 aliphatic carbocycles. The SMILES string of the molecule is COCCNC(=O)CCNc1cc(C(F)(F)F)ccn1. The summed E-state index contributed by atoms with van der Waals surface area (Å²) in [5.74, 6) is -0.119. The van der Waals surface area contributed by atoms with Crippen LogP contribution in [0, 0.1) is 0 Å². The maximum Gasteiger partial charge on any atom is 0.416 e. The largest absolute Gasteiger partial charge is 0.416 e. The molecule has 1 aromatic heterocycles. The molecule has 2 N–H and O–H groups in total. The van der Waals surface area contributed by atoms with Gasteiger partial charge in [0.2, 0.25) is 5.91 Å². The molecule has 0 aromatic carbocycles. The van der Waals surface area contributed by atoms with Crippen LogP contribution in [0.25, 0.3) is 0 Å². The lowest BCUT2D eigenvalue weighted by atomic mass is 10.2. The smallest absolute Gasteiger partial charge is 0.383 e. The molecule has 8 heteroatoms. The van der Waals surface area contributed by atoms with Crippen LogP contribution in [-0.2, 0) is 15.7 Å². The van der Waals surface area contributed by atoms with Crippen molar-refractivity contribution in [1.29, 1.82) is 0 Å². The van der Waals surface area contributed by atoms with Crippen molar-refractivity contribution < 1.29 is 22.7 Å². The number of alkyl halides is 3. The van der Waals surface area contributed by atoms with Gasteiger partial charge in [0.15, 0.2) is 0 Å². The van der Waals surface area contributed by atoms with Crippen molar-refractivity contribution in [1.82, 2.24) is 10.3 Å². The summed E-state index contributed by atoms with van der Waals surface area (Å²) in [5, 5.41) is 5.28. The van der Waals surface area contributed by atoms with Gasteiger partial charge in [0.25, 0.3) is 0 Å². The predicted molar refractivity (Wildman–Crippen MR) is 67.2 cm³/mol. The fraction of sp³-hybridized carbons (Fsp3) is 0.500. The number of aromatic nitrogens is 1. The van der Waals surface area contributed by atoms with Crippen LogP contribution in [0.4, 0.5) is 19.0 Å². The van der Waals surface area contributed by atoms with E-state index in [1.54, 1.807) is 0 Å². The predicted octanol–water partition coefficient (Wildman–Crippen LogP) is 1.66. The molecule has 5 nitrogen and oxygen atoms in total. The molecule has 1 rings (SSSR count). The van der Waals surface area contributed by atoms with E-state index in [1.807, 2.05) is 0 Å². The highest BCUT2D eigenvalue weighted by atomic mass is 19.4. The van der Waals surface area contributed by atoms with Gasteiger partial charge in [-0.25, -0.2) is 4.98 Å². The van der Waals surface area contributed by atoms with Crippen LogP contribution in [0.15, 0.2) is 18.3 Å². The van der Waals surface area contributed by atoms with Crippen LogP contribution in [0.5, 0.6) is 0 Å². The van der Waals surface area contributed by atoms with Gasteiger partial charge < -0.3 is 15.4 Å². The van der Waals surface area contributed by atoms with E-state index < -0.39 is 11.7 Å². The lowest BCUT2D eigenvalue weighted by Gasteiger charge is -2.09. The first-order valence-electron chi connectivity index (χ1n) is 5.96. The van der Waals surface area contributed by atoms with Gasteiger partial charge in [-0.15, -0.1) is 0 Å². The first-order chi connectivity index (χ1) is 9.43. The van der Waals surface area contributed by atoms with Crippen LogP contribution in [0.1, 0.15) is 12.0 Å². The van der Waals surface area contributed by atoms with E-state index in [2.05, 4.69) is 15.6 Å². The van der Waals surface area contributed by atoms with Crippen LogP contribution in [0.2, 0.25) is 0 Å². The number of hydrogen-bond acceptors (Lipinski definition) is 4. The number of rotatable bonds is 7. The minimum Gasteiger partial charge on any atom is -0.383 e. The Kier molecular flexibility index (Phi) is 6.23. The monoisotopic (exact) mass is 291 g/mol. The minimum absolute atomic E-state index is 0.0875. The maximum absolute atomic E-state index is 12.5. The summed E-state index contributed by atoms with van der Waals surface area (Å²) in [6.07, 6.45) is -3.19. The van der Waals surface area contributed by atoms with Crippen molar-refractivity contribution in [2.75, 3.05) is 32.1 Å². The van der Waals surface area contributed by atoms with E-state index >= 15 is 0 Å². The Morgan fingerprint density at radius 3 is 2.80 bits per heavy atom. The zero-order valence-electron chi connectivity index (χ0n) is 11.0. The molecule has 0 radical (unpaired) electrons. The van der Waals surface area contributed by atoms with Crippen molar-refractivity contribution in [2.45, 2.75) is 12.6 Å². The molecule has 0 spiro atoms. The van der Waals surface area contributed by atoms with Gasteiger partial charge in [0, 0.05) is 32.8 Å². The van der Waals surface area contributed by atoms with Crippen LogP contribution < -0.4 is 10.6 Å². The molecule has 1 heterocycles. The van der Waals surface area contributed by atoms with Gasteiger partial charge in [-0.1, -0.05) is 0 Å². The summed E-state index contributed by atoms with van der Waals surface area (Å²) in [6, 6.07) is 1.80. The highest BCUT2D eigenvalue weighted by Crippen LogP contribution is 2.29. The molecule has 20 heavy (non-hydrogen) atoms. The second-order valence-electron chi connectivity index (χ2n) is 3.95. The summed E-state index contributed by atoms with van der Waals surface area (Å²) < 4.78 is 42.1. The zero-order chi connectivity index (χ0) is 15.0.